The molecular formula is C24H23N5O2. The number of carbonyl (C=O) groups is 1. The number of nitrogens with zero attached hydrogens (tertiary/aromatic N) is 5. The maximum absolute atomic E-state index is 13.0. The lowest BCUT2D eigenvalue weighted by molar-refractivity contribution is 0.0662. The summed E-state index contributed by atoms with van der Waals surface area (Å²) in [6.45, 7) is 3.41. The Hall–Kier alpha value is -3.61. The molecular weight excluding hydrogens is 390 g/mol. The number of aromatic nitrogens is 4. The summed E-state index contributed by atoms with van der Waals surface area (Å²) in [5.41, 5.74) is 4.00. The van der Waals surface area contributed by atoms with Gasteiger partial charge in [0.25, 0.3) is 5.91 Å². The lowest BCUT2D eigenvalue weighted by Gasteiger charge is -2.32. The molecule has 1 atom stereocenters. The SMILES string of the molecule is Cc1ccccc1-c1noc(CC2CCCN(C(=O)c3cnc4ccccc4n3)C2)n1. The van der Waals surface area contributed by atoms with Crippen molar-refractivity contribution in [1.82, 2.24) is 25.0 Å². The summed E-state index contributed by atoms with van der Waals surface area (Å²) >= 11 is 0. The van der Waals surface area contributed by atoms with Gasteiger partial charge in [-0.05, 0) is 43.4 Å². The highest BCUT2D eigenvalue weighted by molar-refractivity contribution is 5.93. The van der Waals surface area contributed by atoms with Crippen molar-refractivity contribution in [3.8, 4) is 11.4 Å². The number of amides is 1. The van der Waals surface area contributed by atoms with Crippen LogP contribution in [0.15, 0.2) is 59.3 Å². The Morgan fingerprint density at radius 1 is 1.10 bits per heavy atom. The molecule has 1 amide bonds. The summed E-state index contributed by atoms with van der Waals surface area (Å²) in [4.78, 5) is 28.4. The number of piperidine rings is 1. The molecule has 0 N–H and O–H groups in total. The smallest absolute Gasteiger partial charge is 0.274 e. The molecule has 4 aromatic rings. The molecule has 0 spiro atoms. The van der Waals surface area contributed by atoms with Gasteiger partial charge in [0.15, 0.2) is 0 Å². The number of hydrogen-bond donors (Lipinski definition) is 0. The van der Waals surface area contributed by atoms with E-state index in [9.17, 15) is 4.79 Å². The second-order valence-corrected chi connectivity index (χ2v) is 8.03. The number of likely N-dealkylation sites (tertiary alicyclic amines) is 1. The van der Waals surface area contributed by atoms with Crippen molar-refractivity contribution in [2.24, 2.45) is 5.92 Å². The molecule has 7 heteroatoms. The van der Waals surface area contributed by atoms with Crippen LogP contribution in [0.5, 0.6) is 0 Å². The molecule has 2 aromatic heterocycles. The number of benzene rings is 2. The number of rotatable bonds is 4. The average Bonchev–Trinajstić information content (AvgIpc) is 3.27. The topological polar surface area (TPSA) is 85.0 Å². The monoisotopic (exact) mass is 413 g/mol. The highest BCUT2D eigenvalue weighted by Gasteiger charge is 2.27. The van der Waals surface area contributed by atoms with Crippen LogP contribution < -0.4 is 0 Å². The van der Waals surface area contributed by atoms with E-state index in [1.54, 1.807) is 6.20 Å². The van der Waals surface area contributed by atoms with Crippen molar-refractivity contribution in [1.29, 1.82) is 0 Å². The molecule has 0 bridgehead atoms. The summed E-state index contributed by atoms with van der Waals surface area (Å²) in [6, 6.07) is 15.6. The van der Waals surface area contributed by atoms with Gasteiger partial charge in [0.05, 0.1) is 17.2 Å². The van der Waals surface area contributed by atoms with E-state index in [4.69, 9.17) is 4.52 Å². The Morgan fingerprint density at radius 3 is 2.77 bits per heavy atom. The molecule has 156 valence electrons. The molecule has 5 rings (SSSR count). The molecule has 31 heavy (non-hydrogen) atoms. The van der Waals surface area contributed by atoms with Crippen LogP contribution in [0.25, 0.3) is 22.4 Å². The van der Waals surface area contributed by atoms with Gasteiger partial charge in [-0.15, -0.1) is 0 Å². The zero-order chi connectivity index (χ0) is 21.2. The van der Waals surface area contributed by atoms with Crippen LogP contribution in [-0.2, 0) is 6.42 Å². The number of para-hydroxylation sites is 2. The molecule has 0 radical (unpaired) electrons. The molecule has 2 aromatic carbocycles. The van der Waals surface area contributed by atoms with Gasteiger partial charge in [0, 0.05) is 25.1 Å². The summed E-state index contributed by atoms with van der Waals surface area (Å²) in [6.07, 6.45) is 4.19. The third-order valence-electron chi connectivity index (χ3n) is 5.79. The van der Waals surface area contributed by atoms with Crippen LogP contribution in [0.1, 0.15) is 34.8 Å². The van der Waals surface area contributed by atoms with E-state index >= 15 is 0 Å². The van der Waals surface area contributed by atoms with E-state index in [2.05, 4.69) is 20.1 Å². The quantitative estimate of drug-likeness (QED) is 0.501. The largest absolute Gasteiger partial charge is 0.339 e. The Labute approximate surface area is 180 Å². The molecule has 1 fully saturated rings. The van der Waals surface area contributed by atoms with Gasteiger partial charge in [-0.1, -0.05) is 41.6 Å². The molecule has 0 saturated carbocycles. The van der Waals surface area contributed by atoms with Crippen molar-refractivity contribution in [3.05, 3.63) is 71.9 Å². The van der Waals surface area contributed by atoms with E-state index < -0.39 is 0 Å². The molecule has 7 nitrogen and oxygen atoms in total. The third kappa shape index (κ3) is 4.03. The van der Waals surface area contributed by atoms with Gasteiger partial charge < -0.3 is 9.42 Å². The minimum atomic E-state index is -0.0749. The first-order chi connectivity index (χ1) is 15.2. The van der Waals surface area contributed by atoms with E-state index in [1.807, 2.05) is 60.4 Å². The number of aryl methyl sites for hydroxylation is 1. The fourth-order valence-electron chi connectivity index (χ4n) is 4.16. The number of carbonyl (C=O) groups excluding carboxylic acids is 1. The predicted octanol–water partition coefficient (Wildman–Crippen LogP) is 4.08. The van der Waals surface area contributed by atoms with Crippen molar-refractivity contribution in [2.45, 2.75) is 26.2 Å². The van der Waals surface area contributed by atoms with E-state index in [-0.39, 0.29) is 11.8 Å². The molecule has 1 aliphatic heterocycles. The van der Waals surface area contributed by atoms with Crippen LogP contribution in [0.3, 0.4) is 0 Å². The maximum Gasteiger partial charge on any atom is 0.274 e. The normalized spacial score (nSPS) is 16.5. The van der Waals surface area contributed by atoms with Crippen LogP contribution in [0.2, 0.25) is 0 Å². The number of hydrogen-bond acceptors (Lipinski definition) is 6. The maximum atomic E-state index is 13.0. The Balaban J connectivity index is 1.28. The Kier molecular flexibility index (Phi) is 5.16. The van der Waals surface area contributed by atoms with E-state index in [1.165, 1.54) is 0 Å². The fourth-order valence-corrected chi connectivity index (χ4v) is 4.16. The van der Waals surface area contributed by atoms with Gasteiger partial charge in [0.1, 0.15) is 5.69 Å². The van der Waals surface area contributed by atoms with Crippen molar-refractivity contribution < 1.29 is 9.32 Å². The second-order valence-electron chi connectivity index (χ2n) is 8.03. The van der Waals surface area contributed by atoms with Gasteiger partial charge in [-0.25, -0.2) is 4.98 Å². The van der Waals surface area contributed by atoms with Gasteiger partial charge in [-0.3, -0.25) is 9.78 Å². The fraction of sp³-hybridized carbons (Fsp3) is 0.292. The molecule has 1 aliphatic rings. The molecule has 1 unspecified atom stereocenters. The molecule has 3 heterocycles. The first kappa shape index (κ1) is 19.4. The highest BCUT2D eigenvalue weighted by atomic mass is 16.5. The summed E-state index contributed by atoms with van der Waals surface area (Å²) in [5.74, 6) is 1.43. The Bertz CT molecular complexity index is 1240. The van der Waals surface area contributed by atoms with Gasteiger partial charge in [0.2, 0.25) is 11.7 Å². The van der Waals surface area contributed by atoms with E-state index in [0.717, 1.165) is 41.5 Å². The average molecular weight is 413 g/mol. The van der Waals surface area contributed by atoms with Gasteiger partial charge in [-0.2, -0.15) is 4.98 Å². The van der Waals surface area contributed by atoms with Crippen LogP contribution in [0, 0.1) is 12.8 Å². The van der Waals surface area contributed by atoms with E-state index in [0.29, 0.717) is 30.4 Å². The molecule has 1 saturated heterocycles. The van der Waals surface area contributed by atoms with Crippen molar-refractivity contribution in [3.63, 3.8) is 0 Å². The standard InChI is InChI=1S/C24H23N5O2/c1-16-7-2-3-9-18(16)23-27-22(31-28-23)13-17-8-6-12-29(15-17)24(30)21-14-25-19-10-4-5-11-20(19)26-21/h2-5,7,9-11,14,17H,6,8,12-13,15H2,1H3. The summed E-state index contributed by atoms with van der Waals surface area (Å²) in [5, 5.41) is 4.16. The first-order valence-electron chi connectivity index (χ1n) is 10.6. The van der Waals surface area contributed by atoms with Crippen LogP contribution >= 0.6 is 0 Å². The lowest BCUT2D eigenvalue weighted by atomic mass is 9.94. The van der Waals surface area contributed by atoms with Crippen LogP contribution in [0.4, 0.5) is 0 Å². The Morgan fingerprint density at radius 2 is 1.90 bits per heavy atom. The minimum absolute atomic E-state index is 0.0749. The molecule has 0 aliphatic carbocycles. The highest BCUT2D eigenvalue weighted by Crippen LogP contribution is 2.24. The second kappa shape index (κ2) is 8.26. The first-order valence-corrected chi connectivity index (χ1v) is 10.6. The van der Waals surface area contributed by atoms with Crippen molar-refractivity contribution >= 4 is 16.9 Å². The zero-order valence-electron chi connectivity index (χ0n) is 17.4. The zero-order valence-corrected chi connectivity index (χ0v) is 17.4. The van der Waals surface area contributed by atoms with Crippen molar-refractivity contribution in [2.75, 3.05) is 13.1 Å². The third-order valence-corrected chi connectivity index (χ3v) is 5.79. The summed E-state index contributed by atoms with van der Waals surface area (Å²) in [7, 11) is 0. The number of fused-ring (bicyclic) bond motifs is 1. The van der Waals surface area contributed by atoms with Gasteiger partial charge >= 0.3 is 0 Å². The lowest BCUT2D eigenvalue weighted by Crippen LogP contribution is -2.41. The summed E-state index contributed by atoms with van der Waals surface area (Å²) < 4.78 is 5.52. The minimum Gasteiger partial charge on any atom is -0.339 e. The predicted molar refractivity (Wildman–Crippen MR) is 116 cm³/mol. The van der Waals surface area contributed by atoms with Crippen LogP contribution in [-0.4, -0.2) is 44.0 Å².